The SMILES string of the molecule is Cc1ccc(/C=C\n2c3c(c4cc(OC(F)(F)F)ccc42)CN2CCC3CC2)cn1. The van der Waals surface area contributed by atoms with E-state index in [1.807, 2.05) is 37.5 Å². The monoisotopic (exact) mass is 413 g/mol. The van der Waals surface area contributed by atoms with Crippen LogP contribution in [-0.4, -0.2) is 33.9 Å². The van der Waals surface area contributed by atoms with Crippen molar-refractivity contribution in [2.75, 3.05) is 13.1 Å². The van der Waals surface area contributed by atoms with Gasteiger partial charge in [-0.3, -0.25) is 9.88 Å². The molecule has 2 bridgehead atoms. The molecule has 3 aliphatic heterocycles. The number of pyridine rings is 1. The lowest BCUT2D eigenvalue weighted by atomic mass is 9.94. The fourth-order valence-electron chi connectivity index (χ4n) is 4.67. The third-order valence-electron chi connectivity index (χ3n) is 6.06. The van der Waals surface area contributed by atoms with Crippen LogP contribution in [0.1, 0.15) is 41.3 Å². The minimum Gasteiger partial charge on any atom is -0.406 e. The number of halogens is 3. The molecule has 30 heavy (non-hydrogen) atoms. The molecule has 3 aromatic rings. The molecule has 0 saturated carbocycles. The molecule has 6 rings (SSSR count). The number of hydrogen-bond donors (Lipinski definition) is 0. The van der Waals surface area contributed by atoms with Crippen LogP contribution in [0.5, 0.6) is 5.75 Å². The first-order chi connectivity index (χ1) is 14.4. The summed E-state index contributed by atoms with van der Waals surface area (Å²) in [7, 11) is 0. The molecule has 0 amide bonds. The zero-order valence-electron chi connectivity index (χ0n) is 16.6. The largest absolute Gasteiger partial charge is 0.573 e. The van der Waals surface area contributed by atoms with E-state index in [9.17, 15) is 13.2 Å². The van der Waals surface area contributed by atoms with Crippen molar-refractivity contribution in [2.45, 2.75) is 38.6 Å². The molecule has 7 heteroatoms. The average molecular weight is 413 g/mol. The predicted octanol–water partition coefficient (Wildman–Crippen LogP) is 5.56. The lowest BCUT2D eigenvalue weighted by Gasteiger charge is -2.27. The number of piperidine rings is 1. The van der Waals surface area contributed by atoms with Crippen molar-refractivity contribution in [1.82, 2.24) is 14.5 Å². The van der Waals surface area contributed by atoms with Gasteiger partial charge in [-0.05, 0) is 74.3 Å². The Morgan fingerprint density at radius 1 is 1.13 bits per heavy atom. The van der Waals surface area contributed by atoms with Gasteiger partial charge in [-0.1, -0.05) is 6.07 Å². The summed E-state index contributed by atoms with van der Waals surface area (Å²) < 4.78 is 44.7. The van der Waals surface area contributed by atoms with E-state index in [-0.39, 0.29) is 5.75 Å². The summed E-state index contributed by atoms with van der Waals surface area (Å²) in [5.74, 6) is 0.229. The molecule has 1 aromatic carbocycles. The second kappa shape index (κ2) is 7.16. The number of rotatable bonds is 3. The molecular formula is C23H22F3N3O. The lowest BCUT2D eigenvalue weighted by molar-refractivity contribution is -0.274. The van der Waals surface area contributed by atoms with Crippen LogP contribution in [0.15, 0.2) is 36.5 Å². The van der Waals surface area contributed by atoms with Gasteiger partial charge in [0, 0.05) is 41.6 Å². The van der Waals surface area contributed by atoms with Crippen molar-refractivity contribution in [3.8, 4) is 5.75 Å². The van der Waals surface area contributed by atoms with Crippen molar-refractivity contribution in [3.05, 3.63) is 59.0 Å². The summed E-state index contributed by atoms with van der Waals surface area (Å²) in [4.78, 5) is 6.72. The normalized spacial score (nSPS) is 21.2. The zero-order valence-corrected chi connectivity index (χ0v) is 16.6. The molecule has 1 saturated heterocycles. The van der Waals surface area contributed by atoms with E-state index in [2.05, 4.69) is 19.2 Å². The maximum absolute atomic E-state index is 12.8. The van der Waals surface area contributed by atoms with E-state index < -0.39 is 6.36 Å². The van der Waals surface area contributed by atoms with E-state index in [1.165, 1.54) is 17.8 Å². The maximum atomic E-state index is 12.8. The minimum absolute atomic E-state index is 0.173. The molecule has 0 aliphatic carbocycles. The highest BCUT2D eigenvalue weighted by Gasteiger charge is 2.34. The summed E-state index contributed by atoms with van der Waals surface area (Å²) in [5.41, 5.74) is 5.17. The fourth-order valence-corrected chi connectivity index (χ4v) is 4.67. The van der Waals surface area contributed by atoms with Crippen molar-refractivity contribution in [1.29, 1.82) is 0 Å². The molecule has 0 radical (unpaired) electrons. The first-order valence-corrected chi connectivity index (χ1v) is 10.1. The number of alkyl halides is 3. The molecule has 0 spiro atoms. The van der Waals surface area contributed by atoms with Gasteiger partial charge in [-0.25, -0.2) is 0 Å². The van der Waals surface area contributed by atoms with Gasteiger partial charge in [-0.2, -0.15) is 0 Å². The topological polar surface area (TPSA) is 30.3 Å². The summed E-state index contributed by atoms with van der Waals surface area (Å²) in [6, 6.07) is 8.63. The van der Waals surface area contributed by atoms with Crippen molar-refractivity contribution < 1.29 is 17.9 Å². The van der Waals surface area contributed by atoms with Crippen LogP contribution in [-0.2, 0) is 6.54 Å². The van der Waals surface area contributed by atoms with Gasteiger partial charge in [0.15, 0.2) is 0 Å². The maximum Gasteiger partial charge on any atom is 0.573 e. The Balaban J connectivity index is 1.65. The molecule has 0 unspecified atom stereocenters. The Hall–Kier alpha value is -2.80. The Labute approximate surface area is 172 Å². The van der Waals surface area contributed by atoms with E-state index in [4.69, 9.17) is 0 Å². The third kappa shape index (κ3) is 3.58. The molecule has 3 aliphatic rings. The van der Waals surface area contributed by atoms with Gasteiger partial charge in [0.05, 0.1) is 5.52 Å². The Morgan fingerprint density at radius 2 is 1.93 bits per heavy atom. The van der Waals surface area contributed by atoms with Crippen LogP contribution in [0.3, 0.4) is 0 Å². The van der Waals surface area contributed by atoms with Crippen LogP contribution < -0.4 is 4.74 Å². The smallest absolute Gasteiger partial charge is 0.406 e. The quantitative estimate of drug-likeness (QED) is 0.563. The second-order valence-corrected chi connectivity index (χ2v) is 8.06. The molecule has 0 atom stereocenters. The minimum atomic E-state index is -4.70. The van der Waals surface area contributed by atoms with Crippen LogP contribution in [0.2, 0.25) is 0 Å². The summed E-state index contributed by atoms with van der Waals surface area (Å²) in [5, 5.41) is 0.831. The molecule has 4 nitrogen and oxygen atoms in total. The van der Waals surface area contributed by atoms with E-state index >= 15 is 0 Å². The van der Waals surface area contributed by atoms with Gasteiger partial charge < -0.3 is 9.30 Å². The Bertz CT molecular complexity index is 1110. The van der Waals surface area contributed by atoms with Crippen LogP contribution in [0.25, 0.3) is 23.2 Å². The van der Waals surface area contributed by atoms with Crippen molar-refractivity contribution in [3.63, 3.8) is 0 Å². The molecular weight excluding hydrogens is 391 g/mol. The highest BCUT2D eigenvalue weighted by Crippen LogP contribution is 2.42. The molecule has 156 valence electrons. The van der Waals surface area contributed by atoms with E-state index in [0.29, 0.717) is 5.92 Å². The van der Waals surface area contributed by atoms with Crippen molar-refractivity contribution >= 4 is 23.2 Å². The van der Waals surface area contributed by atoms with Gasteiger partial charge in [0.2, 0.25) is 0 Å². The molecule has 0 N–H and O–H groups in total. The molecule has 2 aromatic heterocycles. The highest BCUT2D eigenvalue weighted by atomic mass is 19.4. The highest BCUT2D eigenvalue weighted by molar-refractivity contribution is 5.90. The predicted molar refractivity (Wildman–Crippen MR) is 110 cm³/mol. The fraction of sp³-hybridized carbons (Fsp3) is 0.348. The van der Waals surface area contributed by atoms with Gasteiger partial charge in [0.1, 0.15) is 5.75 Å². The Kier molecular flexibility index (Phi) is 4.58. The van der Waals surface area contributed by atoms with Crippen LogP contribution in [0.4, 0.5) is 13.2 Å². The first-order valence-electron chi connectivity index (χ1n) is 10.1. The third-order valence-corrected chi connectivity index (χ3v) is 6.06. The second-order valence-electron chi connectivity index (χ2n) is 8.06. The number of aromatic nitrogens is 2. The standard InChI is InChI=1S/C23H22F3N3O/c1-15-2-3-16(13-27-15)6-11-29-21-5-4-18(30-23(24,25)26)12-19(21)20-14-28-9-7-17(8-10-28)22(20)29/h2-6,11-13,17H,7-10,14H2,1H3/b11-6-. The lowest BCUT2D eigenvalue weighted by Crippen LogP contribution is -2.29. The van der Waals surface area contributed by atoms with Crippen LogP contribution >= 0.6 is 0 Å². The Morgan fingerprint density at radius 3 is 2.63 bits per heavy atom. The van der Waals surface area contributed by atoms with Gasteiger partial charge in [-0.15, -0.1) is 13.2 Å². The number of benzene rings is 1. The number of fused-ring (bicyclic) bond motifs is 3. The summed E-state index contributed by atoms with van der Waals surface area (Å²) in [6.07, 6.45) is 3.27. The first kappa shape index (κ1) is 19.2. The van der Waals surface area contributed by atoms with E-state index in [1.54, 1.807) is 6.07 Å². The molecule has 1 fully saturated rings. The van der Waals surface area contributed by atoms with Gasteiger partial charge in [0.25, 0.3) is 0 Å². The van der Waals surface area contributed by atoms with Crippen LogP contribution in [0, 0.1) is 6.92 Å². The number of hydrogen-bond acceptors (Lipinski definition) is 3. The number of ether oxygens (including phenoxy) is 1. The van der Waals surface area contributed by atoms with E-state index in [0.717, 1.165) is 60.2 Å². The number of nitrogens with zero attached hydrogens (tertiary/aromatic N) is 3. The summed E-state index contributed by atoms with van der Waals surface area (Å²) >= 11 is 0. The average Bonchev–Trinajstić information content (AvgIpc) is 2.83. The molecule has 5 heterocycles. The van der Waals surface area contributed by atoms with Gasteiger partial charge >= 0.3 is 6.36 Å². The summed E-state index contributed by atoms with van der Waals surface area (Å²) in [6.45, 7) is 4.74. The van der Waals surface area contributed by atoms with Crippen molar-refractivity contribution in [2.24, 2.45) is 0 Å². The number of aryl methyl sites for hydroxylation is 1. The zero-order chi connectivity index (χ0) is 20.9.